The Labute approximate surface area is 217 Å². The first-order chi connectivity index (χ1) is 17.6. The fraction of sp³-hybridized carbons (Fsp3) is 0.286. The average Bonchev–Trinajstić information content (AvgIpc) is 2.88. The van der Waals surface area contributed by atoms with E-state index >= 15 is 0 Å². The fourth-order valence-corrected chi connectivity index (χ4v) is 5.40. The number of carbonyl (C=O) groups is 2. The molecule has 0 radical (unpaired) electrons. The van der Waals surface area contributed by atoms with Gasteiger partial charge in [-0.2, -0.15) is 0 Å². The van der Waals surface area contributed by atoms with Gasteiger partial charge in [0.2, 0.25) is 10.0 Å². The fourth-order valence-electron chi connectivity index (χ4n) is 4.40. The summed E-state index contributed by atoms with van der Waals surface area (Å²) in [4.78, 5) is 27.7. The zero-order valence-corrected chi connectivity index (χ0v) is 22.0. The van der Waals surface area contributed by atoms with Crippen molar-refractivity contribution in [3.8, 4) is 0 Å². The van der Waals surface area contributed by atoms with Crippen LogP contribution in [0.1, 0.15) is 37.4 Å². The van der Waals surface area contributed by atoms with Crippen molar-refractivity contribution in [1.82, 2.24) is 4.90 Å². The van der Waals surface area contributed by atoms with Crippen LogP contribution in [0.5, 0.6) is 0 Å². The molecule has 3 aromatic rings. The molecule has 1 aliphatic rings. The first kappa shape index (κ1) is 26.4. The van der Waals surface area contributed by atoms with Gasteiger partial charge in [0.15, 0.2) is 0 Å². The molecule has 1 heterocycles. The molecule has 8 nitrogen and oxygen atoms in total. The van der Waals surface area contributed by atoms with Gasteiger partial charge in [-0.25, -0.2) is 8.42 Å². The monoisotopic (exact) mass is 521 g/mol. The summed E-state index contributed by atoms with van der Waals surface area (Å²) in [5, 5.41) is 2.85. The summed E-state index contributed by atoms with van der Waals surface area (Å²) >= 11 is 0. The quantitative estimate of drug-likeness (QED) is 0.507. The zero-order valence-electron chi connectivity index (χ0n) is 21.2. The van der Waals surface area contributed by atoms with Crippen molar-refractivity contribution in [3.63, 3.8) is 0 Å². The number of anilines is 2. The molecular formula is C28H31N3O5S. The zero-order chi connectivity index (χ0) is 26.6. The first-order valence-electron chi connectivity index (χ1n) is 12.1. The van der Waals surface area contributed by atoms with E-state index in [1.54, 1.807) is 53.4 Å². The van der Waals surface area contributed by atoms with Crippen LogP contribution in [-0.2, 0) is 21.3 Å². The number of hydrogen-bond acceptors (Lipinski definition) is 5. The van der Waals surface area contributed by atoms with Gasteiger partial charge in [-0.05, 0) is 54.8 Å². The van der Waals surface area contributed by atoms with Crippen LogP contribution in [-0.4, -0.2) is 57.7 Å². The van der Waals surface area contributed by atoms with Gasteiger partial charge < -0.3 is 15.0 Å². The predicted octanol–water partition coefficient (Wildman–Crippen LogP) is 3.99. The van der Waals surface area contributed by atoms with Gasteiger partial charge in [0.05, 0.1) is 43.0 Å². The molecule has 0 spiro atoms. The minimum absolute atomic E-state index is 0.142. The lowest BCUT2D eigenvalue weighted by molar-refractivity contribution is 0.0303. The average molecular weight is 522 g/mol. The number of rotatable bonds is 7. The van der Waals surface area contributed by atoms with Crippen LogP contribution < -0.4 is 9.62 Å². The molecule has 0 atom stereocenters. The summed E-state index contributed by atoms with van der Waals surface area (Å²) in [6.45, 7) is 5.91. The van der Waals surface area contributed by atoms with Crippen LogP contribution in [0.3, 0.4) is 0 Å². The number of nitrogens with zero attached hydrogens (tertiary/aromatic N) is 2. The number of sulfonamides is 1. The second kappa shape index (κ2) is 11.1. The number of ether oxygens (including phenoxy) is 1. The minimum Gasteiger partial charge on any atom is -0.378 e. The molecule has 37 heavy (non-hydrogen) atoms. The van der Waals surface area contributed by atoms with E-state index in [1.807, 2.05) is 32.0 Å². The van der Waals surface area contributed by atoms with Crippen LogP contribution in [0, 0.1) is 13.8 Å². The van der Waals surface area contributed by atoms with Crippen molar-refractivity contribution >= 4 is 33.2 Å². The highest BCUT2D eigenvalue weighted by Crippen LogP contribution is 2.28. The second-order valence-corrected chi connectivity index (χ2v) is 11.0. The van der Waals surface area contributed by atoms with E-state index in [1.165, 1.54) is 10.6 Å². The lowest BCUT2D eigenvalue weighted by atomic mass is 10.1. The molecule has 0 aromatic heterocycles. The third kappa shape index (κ3) is 6.18. The molecule has 2 amide bonds. The van der Waals surface area contributed by atoms with E-state index in [0.717, 1.165) is 16.7 Å². The van der Waals surface area contributed by atoms with Gasteiger partial charge >= 0.3 is 0 Å². The van der Waals surface area contributed by atoms with E-state index in [2.05, 4.69) is 5.32 Å². The molecule has 4 rings (SSSR count). The number of carbonyl (C=O) groups excluding carboxylic acids is 2. The Kier molecular flexibility index (Phi) is 7.94. The van der Waals surface area contributed by atoms with E-state index in [-0.39, 0.29) is 18.4 Å². The van der Waals surface area contributed by atoms with Gasteiger partial charge in [-0.3, -0.25) is 13.9 Å². The predicted molar refractivity (Wildman–Crippen MR) is 145 cm³/mol. The molecular weight excluding hydrogens is 490 g/mol. The summed E-state index contributed by atoms with van der Waals surface area (Å²) in [5.74, 6) is -0.509. The molecule has 9 heteroatoms. The molecule has 194 valence electrons. The molecule has 3 aromatic carbocycles. The molecule has 1 aliphatic heterocycles. The SMILES string of the molecule is Cc1cccc(C)c1N(Cc1ccc(C(=O)Nc2ccccc2C(=O)N2CCOCC2)cc1)S(C)(=O)=O. The van der Waals surface area contributed by atoms with Crippen LogP contribution in [0.25, 0.3) is 0 Å². The summed E-state index contributed by atoms with van der Waals surface area (Å²) in [7, 11) is -3.54. The lowest BCUT2D eigenvalue weighted by Crippen LogP contribution is -2.41. The number of morpholine rings is 1. The maximum absolute atomic E-state index is 13.0. The number of aryl methyl sites for hydroxylation is 2. The van der Waals surface area contributed by atoms with Gasteiger partial charge in [0.1, 0.15) is 0 Å². The van der Waals surface area contributed by atoms with E-state index in [9.17, 15) is 18.0 Å². The number of nitrogens with one attached hydrogen (secondary N) is 1. The van der Waals surface area contributed by atoms with Crippen LogP contribution in [0.4, 0.5) is 11.4 Å². The first-order valence-corrected chi connectivity index (χ1v) is 13.9. The molecule has 1 saturated heterocycles. The summed E-state index contributed by atoms with van der Waals surface area (Å²) < 4.78 is 32.0. The largest absolute Gasteiger partial charge is 0.378 e. The number of benzene rings is 3. The third-order valence-corrected chi connectivity index (χ3v) is 7.45. The third-order valence-electron chi connectivity index (χ3n) is 6.34. The highest BCUT2D eigenvalue weighted by atomic mass is 32.2. The van der Waals surface area contributed by atoms with Crippen LogP contribution in [0.15, 0.2) is 66.7 Å². The molecule has 0 aliphatic carbocycles. The number of para-hydroxylation sites is 2. The number of amides is 2. The maximum Gasteiger partial charge on any atom is 0.256 e. The Morgan fingerprint density at radius 3 is 2.16 bits per heavy atom. The van der Waals surface area contributed by atoms with Crippen LogP contribution in [0.2, 0.25) is 0 Å². The van der Waals surface area contributed by atoms with Crippen molar-refractivity contribution in [2.75, 3.05) is 42.2 Å². The molecule has 1 fully saturated rings. The molecule has 0 saturated carbocycles. The van der Waals surface area contributed by atoms with Crippen molar-refractivity contribution in [3.05, 3.63) is 94.5 Å². The Morgan fingerprint density at radius 1 is 0.919 bits per heavy atom. The Hall–Kier alpha value is -3.69. The normalized spacial score (nSPS) is 13.8. The Morgan fingerprint density at radius 2 is 1.54 bits per heavy atom. The molecule has 0 unspecified atom stereocenters. The summed E-state index contributed by atoms with van der Waals surface area (Å²) in [6.07, 6.45) is 1.19. The van der Waals surface area contributed by atoms with E-state index in [0.29, 0.717) is 48.8 Å². The van der Waals surface area contributed by atoms with Gasteiger partial charge in [-0.15, -0.1) is 0 Å². The minimum atomic E-state index is -3.54. The van der Waals surface area contributed by atoms with Crippen molar-refractivity contribution in [2.45, 2.75) is 20.4 Å². The Balaban J connectivity index is 1.51. The van der Waals surface area contributed by atoms with Crippen LogP contribution >= 0.6 is 0 Å². The highest BCUT2D eigenvalue weighted by molar-refractivity contribution is 7.92. The smallest absolute Gasteiger partial charge is 0.256 e. The standard InChI is InChI=1S/C28H31N3O5S/c1-20-7-6-8-21(2)26(20)31(37(3,34)35)19-22-11-13-23(14-12-22)27(32)29-25-10-5-4-9-24(25)28(33)30-15-17-36-18-16-30/h4-14H,15-19H2,1-3H3,(H,29,32). The Bertz CT molecular complexity index is 1380. The van der Waals surface area contributed by atoms with Crippen molar-refractivity contribution < 1.29 is 22.7 Å². The molecule has 1 N–H and O–H groups in total. The molecule has 0 bridgehead atoms. The van der Waals surface area contributed by atoms with E-state index in [4.69, 9.17) is 4.74 Å². The van der Waals surface area contributed by atoms with Crippen molar-refractivity contribution in [2.24, 2.45) is 0 Å². The topological polar surface area (TPSA) is 96.0 Å². The summed E-state index contributed by atoms with van der Waals surface area (Å²) in [6, 6.07) is 19.4. The van der Waals surface area contributed by atoms with E-state index < -0.39 is 10.0 Å². The van der Waals surface area contributed by atoms with Gasteiger partial charge in [-0.1, -0.05) is 42.5 Å². The second-order valence-electron chi connectivity index (χ2n) is 9.11. The van der Waals surface area contributed by atoms with Gasteiger partial charge in [0, 0.05) is 18.7 Å². The maximum atomic E-state index is 13.0. The number of hydrogen-bond donors (Lipinski definition) is 1. The summed E-state index contributed by atoms with van der Waals surface area (Å²) in [5.41, 5.74) is 4.40. The van der Waals surface area contributed by atoms with Gasteiger partial charge in [0.25, 0.3) is 11.8 Å². The van der Waals surface area contributed by atoms with Crippen molar-refractivity contribution in [1.29, 1.82) is 0 Å². The highest BCUT2D eigenvalue weighted by Gasteiger charge is 2.23. The lowest BCUT2D eigenvalue weighted by Gasteiger charge is -2.27.